The number of rotatable bonds is 3. The minimum Gasteiger partial charge on any atom is -0.378 e. The Bertz CT molecular complexity index is 768. The first-order valence-electron chi connectivity index (χ1n) is 7.46. The fourth-order valence-corrected chi connectivity index (χ4v) is 2.89. The molecule has 3 aromatic carbocycles. The van der Waals surface area contributed by atoms with Gasteiger partial charge in [0.15, 0.2) is 0 Å². The minimum absolute atomic E-state index is 0.288. The Morgan fingerprint density at radius 2 is 1.62 bits per heavy atom. The van der Waals surface area contributed by atoms with E-state index in [1.807, 2.05) is 0 Å². The van der Waals surface area contributed by atoms with E-state index in [0.29, 0.717) is 0 Å². The molecule has 106 valence electrons. The van der Waals surface area contributed by atoms with Crippen LogP contribution < -0.4 is 5.32 Å². The van der Waals surface area contributed by atoms with Gasteiger partial charge < -0.3 is 5.32 Å². The molecule has 1 N–H and O–H groups in total. The van der Waals surface area contributed by atoms with Crippen LogP contribution >= 0.6 is 0 Å². The maximum atomic E-state index is 3.67. The molecule has 0 saturated carbocycles. The molecule has 0 bridgehead atoms. The third-order valence-electron chi connectivity index (χ3n) is 4.06. The molecule has 1 unspecified atom stereocenters. The number of benzene rings is 3. The zero-order chi connectivity index (χ0) is 14.8. The Morgan fingerprint density at radius 3 is 2.48 bits per heavy atom. The van der Waals surface area contributed by atoms with Crippen LogP contribution in [0.25, 0.3) is 10.8 Å². The van der Waals surface area contributed by atoms with Gasteiger partial charge in [-0.1, -0.05) is 60.2 Å². The minimum atomic E-state index is 0.288. The van der Waals surface area contributed by atoms with Gasteiger partial charge in [0.05, 0.1) is 0 Å². The monoisotopic (exact) mass is 275 g/mol. The fourth-order valence-electron chi connectivity index (χ4n) is 2.89. The van der Waals surface area contributed by atoms with Crippen molar-refractivity contribution in [3.05, 3.63) is 77.4 Å². The van der Waals surface area contributed by atoms with Crippen molar-refractivity contribution in [2.45, 2.75) is 26.8 Å². The highest BCUT2D eigenvalue weighted by molar-refractivity contribution is 5.93. The van der Waals surface area contributed by atoms with Crippen molar-refractivity contribution >= 4 is 16.5 Å². The van der Waals surface area contributed by atoms with Gasteiger partial charge in [-0.15, -0.1) is 0 Å². The van der Waals surface area contributed by atoms with Gasteiger partial charge in [-0.25, -0.2) is 0 Å². The van der Waals surface area contributed by atoms with Crippen molar-refractivity contribution < 1.29 is 0 Å². The quantitative estimate of drug-likeness (QED) is 0.653. The predicted molar refractivity (Wildman–Crippen MR) is 91.9 cm³/mol. The molecule has 0 heterocycles. The molecular formula is C20H21N. The van der Waals surface area contributed by atoms with Gasteiger partial charge in [-0.05, 0) is 43.4 Å². The smallest absolute Gasteiger partial charge is 0.0488 e. The summed E-state index contributed by atoms with van der Waals surface area (Å²) in [5, 5.41) is 6.22. The van der Waals surface area contributed by atoms with E-state index >= 15 is 0 Å². The topological polar surface area (TPSA) is 12.0 Å². The van der Waals surface area contributed by atoms with Crippen LogP contribution in [-0.2, 0) is 0 Å². The molecule has 0 aliphatic rings. The van der Waals surface area contributed by atoms with E-state index in [2.05, 4.69) is 86.8 Å². The van der Waals surface area contributed by atoms with Crippen LogP contribution in [0.5, 0.6) is 0 Å². The van der Waals surface area contributed by atoms with Crippen LogP contribution in [-0.4, -0.2) is 0 Å². The van der Waals surface area contributed by atoms with Gasteiger partial charge in [0.1, 0.15) is 0 Å². The van der Waals surface area contributed by atoms with E-state index in [-0.39, 0.29) is 6.04 Å². The first-order chi connectivity index (χ1) is 10.1. The molecular weight excluding hydrogens is 254 g/mol. The molecule has 0 aromatic heterocycles. The zero-order valence-corrected chi connectivity index (χ0v) is 12.9. The summed E-state index contributed by atoms with van der Waals surface area (Å²) in [5.74, 6) is 0. The van der Waals surface area contributed by atoms with Crippen molar-refractivity contribution in [1.82, 2.24) is 0 Å². The van der Waals surface area contributed by atoms with Gasteiger partial charge in [0.2, 0.25) is 0 Å². The lowest BCUT2D eigenvalue weighted by Crippen LogP contribution is -2.08. The molecule has 0 radical (unpaired) electrons. The van der Waals surface area contributed by atoms with Crippen LogP contribution in [0.15, 0.2) is 60.7 Å². The predicted octanol–water partition coefficient (Wildman–Crippen LogP) is 5.63. The molecule has 3 aromatic rings. The zero-order valence-electron chi connectivity index (χ0n) is 12.9. The first-order valence-corrected chi connectivity index (χ1v) is 7.46. The summed E-state index contributed by atoms with van der Waals surface area (Å²) < 4.78 is 0. The van der Waals surface area contributed by atoms with Crippen molar-refractivity contribution in [1.29, 1.82) is 0 Å². The Kier molecular flexibility index (Phi) is 3.66. The van der Waals surface area contributed by atoms with Crippen molar-refractivity contribution in [2.75, 3.05) is 5.32 Å². The van der Waals surface area contributed by atoms with E-state index in [9.17, 15) is 0 Å². The average Bonchev–Trinajstić information content (AvgIpc) is 2.50. The molecule has 0 aliphatic heterocycles. The normalized spacial score (nSPS) is 12.3. The highest BCUT2D eigenvalue weighted by Gasteiger charge is 2.10. The summed E-state index contributed by atoms with van der Waals surface area (Å²) in [5.41, 5.74) is 5.20. The third kappa shape index (κ3) is 2.78. The second-order valence-corrected chi connectivity index (χ2v) is 5.75. The number of aryl methyl sites for hydroxylation is 2. The first kappa shape index (κ1) is 13.7. The Balaban J connectivity index is 1.96. The molecule has 0 spiro atoms. The molecule has 0 amide bonds. The van der Waals surface area contributed by atoms with Crippen LogP contribution in [0.4, 0.5) is 5.69 Å². The summed E-state index contributed by atoms with van der Waals surface area (Å²) in [6, 6.07) is 21.9. The van der Waals surface area contributed by atoms with Crippen LogP contribution in [0, 0.1) is 13.8 Å². The SMILES string of the molecule is Cc1ccc(C)c(C(C)Nc2cccc3ccccc23)c1. The molecule has 21 heavy (non-hydrogen) atoms. The summed E-state index contributed by atoms with van der Waals surface area (Å²) in [4.78, 5) is 0. The number of anilines is 1. The largest absolute Gasteiger partial charge is 0.378 e. The van der Waals surface area contributed by atoms with Gasteiger partial charge in [-0.2, -0.15) is 0 Å². The van der Waals surface area contributed by atoms with Gasteiger partial charge in [0.25, 0.3) is 0 Å². The van der Waals surface area contributed by atoms with E-state index in [1.54, 1.807) is 0 Å². The molecule has 1 atom stereocenters. The van der Waals surface area contributed by atoms with Crippen molar-refractivity contribution in [3.8, 4) is 0 Å². The second kappa shape index (κ2) is 5.61. The van der Waals surface area contributed by atoms with Crippen LogP contribution in [0.2, 0.25) is 0 Å². The summed E-state index contributed by atoms with van der Waals surface area (Å²) in [6.45, 7) is 6.55. The standard InChI is InChI=1S/C20H21N/c1-14-11-12-15(2)19(13-14)16(3)21-20-10-6-8-17-7-4-5-9-18(17)20/h4-13,16,21H,1-3H3. The van der Waals surface area contributed by atoms with Gasteiger partial charge in [-0.3, -0.25) is 0 Å². The Morgan fingerprint density at radius 1 is 0.857 bits per heavy atom. The summed E-state index contributed by atoms with van der Waals surface area (Å²) in [7, 11) is 0. The van der Waals surface area contributed by atoms with Crippen LogP contribution in [0.1, 0.15) is 29.7 Å². The number of hydrogen-bond donors (Lipinski definition) is 1. The molecule has 0 aliphatic carbocycles. The molecule has 0 fully saturated rings. The van der Waals surface area contributed by atoms with E-state index in [1.165, 1.54) is 33.2 Å². The van der Waals surface area contributed by atoms with Gasteiger partial charge in [0, 0.05) is 17.1 Å². The molecule has 1 heteroatoms. The van der Waals surface area contributed by atoms with E-state index in [0.717, 1.165) is 0 Å². The summed E-state index contributed by atoms with van der Waals surface area (Å²) >= 11 is 0. The van der Waals surface area contributed by atoms with Gasteiger partial charge >= 0.3 is 0 Å². The molecule has 0 saturated heterocycles. The third-order valence-corrected chi connectivity index (χ3v) is 4.06. The van der Waals surface area contributed by atoms with Crippen LogP contribution in [0.3, 0.4) is 0 Å². The second-order valence-electron chi connectivity index (χ2n) is 5.75. The summed E-state index contributed by atoms with van der Waals surface area (Å²) in [6.07, 6.45) is 0. The molecule has 3 rings (SSSR count). The van der Waals surface area contributed by atoms with E-state index in [4.69, 9.17) is 0 Å². The lowest BCUT2D eigenvalue weighted by atomic mass is 9.99. The number of nitrogens with one attached hydrogen (secondary N) is 1. The van der Waals surface area contributed by atoms with E-state index < -0.39 is 0 Å². The lowest BCUT2D eigenvalue weighted by Gasteiger charge is -2.19. The van der Waals surface area contributed by atoms with Crippen molar-refractivity contribution in [3.63, 3.8) is 0 Å². The highest BCUT2D eigenvalue weighted by atomic mass is 14.9. The maximum absolute atomic E-state index is 3.67. The number of hydrogen-bond acceptors (Lipinski definition) is 1. The Labute approximate surface area is 126 Å². The highest BCUT2D eigenvalue weighted by Crippen LogP contribution is 2.28. The molecule has 1 nitrogen and oxygen atoms in total. The Hall–Kier alpha value is -2.28. The fraction of sp³-hybridized carbons (Fsp3) is 0.200. The maximum Gasteiger partial charge on any atom is 0.0488 e. The average molecular weight is 275 g/mol. The lowest BCUT2D eigenvalue weighted by molar-refractivity contribution is 0.874. The van der Waals surface area contributed by atoms with Crippen molar-refractivity contribution in [2.24, 2.45) is 0 Å². The number of fused-ring (bicyclic) bond motifs is 1.